The molecule has 2 aliphatic rings. The molecule has 0 radical (unpaired) electrons. The number of anilines is 1. The summed E-state index contributed by atoms with van der Waals surface area (Å²) in [7, 11) is 1.65. The van der Waals surface area contributed by atoms with Crippen LogP contribution in [0.3, 0.4) is 0 Å². The number of aryl methyl sites for hydroxylation is 1. The van der Waals surface area contributed by atoms with Gasteiger partial charge in [-0.05, 0) is 66.1 Å². The molecule has 3 heterocycles. The lowest BCUT2D eigenvalue weighted by Crippen LogP contribution is -2.66. The highest BCUT2D eigenvalue weighted by Crippen LogP contribution is 2.42. The summed E-state index contributed by atoms with van der Waals surface area (Å²) in [6, 6.07) is 19.6. The van der Waals surface area contributed by atoms with E-state index in [2.05, 4.69) is 27.1 Å². The van der Waals surface area contributed by atoms with Crippen molar-refractivity contribution in [2.24, 2.45) is 11.5 Å². The molecule has 0 spiro atoms. The Morgan fingerprint density at radius 3 is 2.37 bits per heavy atom. The maximum absolute atomic E-state index is 15.7. The van der Waals surface area contributed by atoms with Gasteiger partial charge in [-0.1, -0.05) is 31.2 Å². The van der Waals surface area contributed by atoms with E-state index in [9.17, 15) is 4.39 Å². The second-order valence-corrected chi connectivity index (χ2v) is 11.0. The third kappa shape index (κ3) is 5.52. The van der Waals surface area contributed by atoms with Crippen LogP contribution in [-0.2, 0) is 6.54 Å². The monoisotopic (exact) mass is 586 g/mol. The van der Waals surface area contributed by atoms with Crippen LogP contribution in [0.15, 0.2) is 84.3 Å². The van der Waals surface area contributed by atoms with E-state index < -0.39 is 18.3 Å². The molecule has 3 aromatic carbocycles. The van der Waals surface area contributed by atoms with Crippen LogP contribution >= 0.6 is 0 Å². The van der Waals surface area contributed by atoms with Crippen LogP contribution in [0.4, 0.5) is 14.5 Å². The van der Waals surface area contributed by atoms with E-state index in [0.717, 1.165) is 28.1 Å². The SMILES string of the molecule is CCN1C(N)C2=C(C(c3ccc(F)cc3)CN(Cc3ccc(OC)cc3)C2)N(c2ccc(-n3cnc(C)n3)c(F)c2)C1N. The Bertz CT molecular complexity index is 1620. The number of ether oxygens (including phenoxy) is 1. The van der Waals surface area contributed by atoms with Crippen molar-refractivity contribution >= 4 is 5.69 Å². The van der Waals surface area contributed by atoms with Crippen LogP contribution in [0.1, 0.15) is 29.8 Å². The van der Waals surface area contributed by atoms with Crippen molar-refractivity contribution < 1.29 is 13.5 Å². The molecule has 9 nitrogen and oxygen atoms in total. The summed E-state index contributed by atoms with van der Waals surface area (Å²) in [6.45, 7) is 6.27. The molecule has 1 aromatic heterocycles. The number of halogens is 2. The summed E-state index contributed by atoms with van der Waals surface area (Å²) in [4.78, 5) is 10.5. The predicted octanol–water partition coefficient (Wildman–Crippen LogP) is 4.09. The summed E-state index contributed by atoms with van der Waals surface area (Å²) in [5, 5.41) is 4.26. The predicted molar refractivity (Wildman–Crippen MR) is 161 cm³/mol. The van der Waals surface area contributed by atoms with Gasteiger partial charge in [0.15, 0.2) is 5.82 Å². The number of hydrogen-bond acceptors (Lipinski definition) is 8. The summed E-state index contributed by atoms with van der Waals surface area (Å²) >= 11 is 0. The van der Waals surface area contributed by atoms with Crippen molar-refractivity contribution in [3.05, 3.63) is 113 Å². The number of likely N-dealkylation sites (N-methyl/N-ethyl adjacent to an activating group) is 1. The molecule has 0 aliphatic carbocycles. The molecule has 0 fully saturated rings. The van der Waals surface area contributed by atoms with Crippen molar-refractivity contribution in [2.75, 3.05) is 31.6 Å². The van der Waals surface area contributed by atoms with Gasteiger partial charge in [0.05, 0.1) is 13.3 Å². The lowest BCUT2D eigenvalue weighted by atomic mass is 9.84. The Morgan fingerprint density at radius 2 is 1.74 bits per heavy atom. The molecule has 2 aliphatic heterocycles. The van der Waals surface area contributed by atoms with Gasteiger partial charge < -0.3 is 15.4 Å². The van der Waals surface area contributed by atoms with E-state index in [0.29, 0.717) is 37.7 Å². The third-order valence-electron chi connectivity index (χ3n) is 8.34. The number of aromatic nitrogens is 3. The van der Waals surface area contributed by atoms with E-state index in [1.807, 2.05) is 34.9 Å². The largest absolute Gasteiger partial charge is 0.497 e. The summed E-state index contributed by atoms with van der Waals surface area (Å²) < 4.78 is 36.5. The highest BCUT2D eigenvalue weighted by molar-refractivity contribution is 5.61. The zero-order chi connectivity index (χ0) is 30.2. The fourth-order valence-corrected chi connectivity index (χ4v) is 6.21. The minimum atomic E-state index is -0.645. The molecule has 11 heteroatoms. The molecule has 43 heavy (non-hydrogen) atoms. The molecule has 0 bridgehead atoms. The van der Waals surface area contributed by atoms with Gasteiger partial charge in [-0.15, -0.1) is 0 Å². The number of hydrogen-bond donors (Lipinski definition) is 2. The summed E-state index contributed by atoms with van der Waals surface area (Å²) in [5.74, 6) is 0.388. The highest BCUT2D eigenvalue weighted by atomic mass is 19.1. The summed E-state index contributed by atoms with van der Waals surface area (Å²) in [5.41, 5.74) is 18.7. The molecule has 4 aromatic rings. The van der Waals surface area contributed by atoms with Crippen LogP contribution in [0.25, 0.3) is 5.69 Å². The molecule has 3 atom stereocenters. The molecule has 6 rings (SSSR count). The first-order valence-electron chi connectivity index (χ1n) is 14.4. The highest BCUT2D eigenvalue weighted by Gasteiger charge is 2.44. The molecule has 224 valence electrons. The van der Waals surface area contributed by atoms with Gasteiger partial charge in [-0.25, -0.2) is 18.4 Å². The van der Waals surface area contributed by atoms with Crippen LogP contribution in [-0.4, -0.2) is 63.8 Å². The van der Waals surface area contributed by atoms with Gasteiger partial charge in [-0.3, -0.25) is 15.5 Å². The first-order chi connectivity index (χ1) is 20.8. The molecule has 3 unspecified atom stereocenters. The maximum atomic E-state index is 15.7. The number of methoxy groups -OCH3 is 1. The van der Waals surface area contributed by atoms with Crippen molar-refractivity contribution in [1.82, 2.24) is 24.6 Å². The Kier molecular flexibility index (Phi) is 7.97. The zero-order valence-electron chi connectivity index (χ0n) is 24.5. The normalized spacial score (nSPS) is 21.3. The first kappa shape index (κ1) is 28.9. The van der Waals surface area contributed by atoms with Gasteiger partial charge in [0.1, 0.15) is 35.7 Å². The minimum Gasteiger partial charge on any atom is -0.497 e. The second-order valence-electron chi connectivity index (χ2n) is 11.0. The van der Waals surface area contributed by atoms with Crippen LogP contribution < -0.4 is 21.1 Å². The standard InChI is InChI=1S/C32H36F2N8O/c1-4-40-31(35)27-18-39(16-21-5-12-25(43-3)13-6-21)17-26(22-7-9-23(33)10-8-22)30(27)42(32(40)36)24-11-14-29(28(34)15-24)41-19-37-20(2)38-41/h5-15,19,26,31-32H,4,16-18,35-36H2,1-3H3. The van der Waals surface area contributed by atoms with Crippen molar-refractivity contribution in [2.45, 2.75) is 38.8 Å². The fraction of sp³-hybridized carbons (Fsp3) is 0.312. The smallest absolute Gasteiger partial charge is 0.150 e. The van der Waals surface area contributed by atoms with Gasteiger partial charge in [0, 0.05) is 43.5 Å². The maximum Gasteiger partial charge on any atom is 0.150 e. The van der Waals surface area contributed by atoms with Crippen molar-refractivity contribution in [1.29, 1.82) is 0 Å². The van der Waals surface area contributed by atoms with Gasteiger partial charge in [-0.2, -0.15) is 5.10 Å². The average Bonchev–Trinajstić information content (AvgIpc) is 3.44. The van der Waals surface area contributed by atoms with E-state index in [1.165, 1.54) is 29.2 Å². The molecule has 0 amide bonds. The van der Waals surface area contributed by atoms with Gasteiger partial charge in [0.2, 0.25) is 0 Å². The number of nitrogens with zero attached hydrogens (tertiary/aromatic N) is 6. The molecule has 4 N–H and O–H groups in total. The third-order valence-corrected chi connectivity index (χ3v) is 8.34. The van der Waals surface area contributed by atoms with Gasteiger partial charge in [0.25, 0.3) is 0 Å². The van der Waals surface area contributed by atoms with E-state index in [1.54, 1.807) is 32.2 Å². The first-order valence-corrected chi connectivity index (χ1v) is 14.4. The fourth-order valence-electron chi connectivity index (χ4n) is 6.21. The Morgan fingerprint density at radius 1 is 1.00 bits per heavy atom. The Hall–Kier alpha value is -4.16. The van der Waals surface area contributed by atoms with Crippen LogP contribution in [0, 0.1) is 18.6 Å². The van der Waals surface area contributed by atoms with E-state index >= 15 is 4.39 Å². The van der Waals surface area contributed by atoms with Crippen molar-refractivity contribution in [3.63, 3.8) is 0 Å². The molecule has 0 saturated heterocycles. The Labute approximate surface area is 250 Å². The zero-order valence-corrected chi connectivity index (χ0v) is 24.5. The molecule has 0 saturated carbocycles. The quantitative estimate of drug-likeness (QED) is 0.334. The number of rotatable bonds is 7. The number of benzene rings is 3. The van der Waals surface area contributed by atoms with Gasteiger partial charge >= 0.3 is 0 Å². The topological polar surface area (TPSA) is 102 Å². The molecular weight excluding hydrogens is 550 g/mol. The minimum absolute atomic E-state index is 0.195. The molecular formula is C32H36F2N8O. The van der Waals surface area contributed by atoms with E-state index in [-0.39, 0.29) is 17.4 Å². The van der Waals surface area contributed by atoms with Crippen LogP contribution in [0.2, 0.25) is 0 Å². The average molecular weight is 587 g/mol. The lowest BCUT2D eigenvalue weighted by Gasteiger charge is -2.53. The summed E-state index contributed by atoms with van der Waals surface area (Å²) in [6.07, 6.45) is 0.394. The number of nitrogens with two attached hydrogens (primary N) is 2. The van der Waals surface area contributed by atoms with E-state index in [4.69, 9.17) is 16.2 Å². The second kappa shape index (κ2) is 11.8. The van der Waals surface area contributed by atoms with Crippen molar-refractivity contribution in [3.8, 4) is 11.4 Å². The lowest BCUT2D eigenvalue weighted by molar-refractivity contribution is 0.126. The Balaban J connectivity index is 1.45. The van der Waals surface area contributed by atoms with Crippen LogP contribution in [0.5, 0.6) is 5.75 Å².